The Labute approximate surface area is 98.1 Å². The van der Waals surface area contributed by atoms with Crippen molar-refractivity contribution in [3.05, 3.63) is 0 Å². The SMILES string of the molecule is CO[C@]1(C)C[C@@H](O)C[C@@H](C2CCCCC2)O1. The first-order valence-corrected chi connectivity index (χ1v) is 6.54. The maximum atomic E-state index is 9.92. The van der Waals surface area contributed by atoms with Gasteiger partial charge in [-0.3, -0.25) is 0 Å². The Balaban J connectivity index is 1.98. The summed E-state index contributed by atoms with van der Waals surface area (Å²) < 4.78 is 11.4. The average molecular weight is 228 g/mol. The van der Waals surface area contributed by atoms with Gasteiger partial charge in [0.25, 0.3) is 0 Å². The summed E-state index contributed by atoms with van der Waals surface area (Å²) in [6.07, 6.45) is 7.76. The molecule has 2 fully saturated rings. The highest BCUT2D eigenvalue weighted by atomic mass is 16.7. The summed E-state index contributed by atoms with van der Waals surface area (Å²) in [5, 5.41) is 9.92. The van der Waals surface area contributed by atoms with Crippen molar-refractivity contribution < 1.29 is 14.6 Å². The Kier molecular flexibility index (Phi) is 3.88. The molecule has 16 heavy (non-hydrogen) atoms. The molecule has 0 bridgehead atoms. The molecule has 0 radical (unpaired) electrons. The second kappa shape index (κ2) is 5.03. The van der Waals surface area contributed by atoms with Gasteiger partial charge in [-0.15, -0.1) is 0 Å². The van der Waals surface area contributed by atoms with Gasteiger partial charge in [-0.25, -0.2) is 0 Å². The van der Waals surface area contributed by atoms with E-state index >= 15 is 0 Å². The summed E-state index contributed by atoms with van der Waals surface area (Å²) in [4.78, 5) is 0. The molecule has 2 rings (SSSR count). The molecule has 0 aromatic rings. The smallest absolute Gasteiger partial charge is 0.167 e. The molecule has 3 atom stereocenters. The predicted molar refractivity (Wildman–Crippen MR) is 62.1 cm³/mol. The molecule has 0 aromatic heterocycles. The third kappa shape index (κ3) is 2.76. The highest BCUT2D eigenvalue weighted by Crippen LogP contribution is 2.37. The lowest BCUT2D eigenvalue weighted by molar-refractivity contribution is -0.285. The molecule has 0 amide bonds. The molecule has 3 nitrogen and oxygen atoms in total. The maximum Gasteiger partial charge on any atom is 0.167 e. The fourth-order valence-electron chi connectivity index (χ4n) is 3.12. The van der Waals surface area contributed by atoms with Crippen molar-refractivity contribution in [1.29, 1.82) is 0 Å². The van der Waals surface area contributed by atoms with Crippen molar-refractivity contribution in [1.82, 2.24) is 0 Å². The van der Waals surface area contributed by atoms with E-state index in [9.17, 15) is 5.11 Å². The van der Waals surface area contributed by atoms with Crippen LogP contribution in [0.25, 0.3) is 0 Å². The first-order valence-electron chi connectivity index (χ1n) is 6.54. The highest BCUT2D eigenvalue weighted by Gasteiger charge is 2.40. The number of ether oxygens (including phenoxy) is 2. The van der Waals surface area contributed by atoms with Crippen LogP contribution in [-0.2, 0) is 9.47 Å². The Morgan fingerprint density at radius 1 is 1.25 bits per heavy atom. The third-order valence-electron chi connectivity index (χ3n) is 4.12. The van der Waals surface area contributed by atoms with Crippen LogP contribution in [-0.4, -0.2) is 30.2 Å². The van der Waals surface area contributed by atoms with Crippen molar-refractivity contribution in [2.24, 2.45) is 5.92 Å². The van der Waals surface area contributed by atoms with Gasteiger partial charge in [-0.2, -0.15) is 0 Å². The zero-order chi connectivity index (χ0) is 11.6. The molecule has 3 heteroatoms. The normalized spacial score (nSPS) is 42.2. The monoisotopic (exact) mass is 228 g/mol. The minimum Gasteiger partial charge on any atom is -0.393 e. The number of hydrogen-bond acceptors (Lipinski definition) is 3. The van der Waals surface area contributed by atoms with Gasteiger partial charge in [0.2, 0.25) is 0 Å². The van der Waals surface area contributed by atoms with Crippen LogP contribution in [0.1, 0.15) is 51.9 Å². The van der Waals surface area contributed by atoms with E-state index in [1.165, 1.54) is 32.1 Å². The van der Waals surface area contributed by atoms with E-state index in [0.29, 0.717) is 12.3 Å². The van der Waals surface area contributed by atoms with Crippen molar-refractivity contribution in [2.45, 2.75) is 69.9 Å². The summed E-state index contributed by atoms with van der Waals surface area (Å²) in [7, 11) is 1.66. The van der Waals surface area contributed by atoms with Gasteiger partial charge >= 0.3 is 0 Å². The van der Waals surface area contributed by atoms with Gasteiger partial charge in [0.15, 0.2) is 5.79 Å². The van der Waals surface area contributed by atoms with Crippen LogP contribution in [0.5, 0.6) is 0 Å². The van der Waals surface area contributed by atoms with Gasteiger partial charge in [-0.1, -0.05) is 19.3 Å². The second-order valence-electron chi connectivity index (χ2n) is 5.49. The van der Waals surface area contributed by atoms with E-state index in [1.54, 1.807) is 7.11 Å². The molecular formula is C13H24O3. The van der Waals surface area contributed by atoms with Gasteiger partial charge in [0.1, 0.15) is 0 Å². The lowest BCUT2D eigenvalue weighted by atomic mass is 9.81. The van der Waals surface area contributed by atoms with Crippen LogP contribution < -0.4 is 0 Å². The number of methoxy groups -OCH3 is 1. The van der Waals surface area contributed by atoms with Crippen LogP contribution >= 0.6 is 0 Å². The molecule has 1 heterocycles. The van der Waals surface area contributed by atoms with Gasteiger partial charge in [-0.05, 0) is 25.7 Å². The number of aliphatic hydroxyl groups is 1. The average Bonchev–Trinajstić information content (AvgIpc) is 2.29. The summed E-state index contributed by atoms with van der Waals surface area (Å²) in [6.45, 7) is 1.94. The molecule has 1 N–H and O–H groups in total. The van der Waals surface area contributed by atoms with Crippen LogP contribution in [0, 0.1) is 5.92 Å². The molecule has 2 aliphatic rings. The number of hydrogen-bond donors (Lipinski definition) is 1. The topological polar surface area (TPSA) is 38.7 Å². The summed E-state index contributed by atoms with van der Waals surface area (Å²) in [5.74, 6) is 0.0398. The van der Waals surface area contributed by atoms with E-state index in [2.05, 4.69) is 0 Å². The molecule has 0 unspecified atom stereocenters. The molecule has 1 saturated carbocycles. The van der Waals surface area contributed by atoms with E-state index in [-0.39, 0.29) is 12.2 Å². The second-order valence-corrected chi connectivity index (χ2v) is 5.49. The standard InChI is InChI=1S/C13H24O3/c1-13(15-2)9-11(14)8-12(16-13)10-6-4-3-5-7-10/h10-12,14H,3-9H2,1-2H3/t11-,12-,13-/m0/s1. The lowest BCUT2D eigenvalue weighted by Gasteiger charge is -2.43. The third-order valence-corrected chi connectivity index (χ3v) is 4.12. The molecule has 0 spiro atoms. The molecule has 94 valence electrons. The fourth-order valence-corrected chi connectivity index (χ4v) is 3.12. The maximum absolute atomic E-state index is 9.92. The van der Waals surface area contributed by atoms with E-state index in [0.717, 1.165) is 6.42 Å². The van der Waals surface area contributed by atoms with E-state index in [1.807, 2.05) is 6.92 Å². The fraction of sp³-hybridized carbons (Fsp3) is 1.00. The van der Waals surface area contributed by atoms with Crippen LogP contribution in [0.15, 0.2) is 0 Å². The van der Waals surface area contributed by atoms with Crippen LogP contribution in [0.3, 0.4) is 0 Å². The van der Waals surface area contributed by atoms with Crippen LogP contribution in [0.2, 0.25) is 0 Å². The zero-order valence-electron chi connectivity index (χ0n) is 10.4. The lowest BCUT2D eigenvalue weighted by Crippen LogP contribution is -2.48. The molecular weight excluding hydrogens is 204 g/mol. The highest BCUT2D eigenvalue weighted by molar-refractivity contribution is 4.85. The number of rotatable bonds is 2. The minimum absolute atomic E-state index is 0.189. The molecule has 0 aromatic carbocycles. The summed E-state index contributed by atoms with van der Waals surface area (Å²) in [6, 6.07) is 0. The van der Waals surface area contributed by atoms with Gasteiger partial charge in [0, 0.05) is 20.0 Å². The van der Waals surface area contributed by atoms with Crippen LogP contribution in [0.4, 0.5) is 0 Å². The van der Waals surface area contributed by atoms with Crippen molar-refractivity contribution in [2.75, 3.05) is 7.11 Å². The number of aliphatic hydroxyl groups excluding tert-OH is 1. The minimum atomic E-state index is -0.584. The Morgan fingerprint density at radius 2 is 1.94 bits per heavy atom. The van der Waals surface area contributed by atoms with E-state index in [4.69, 9.17) is 9.47 Å². The largest absolute Gasteiger partial charge is 0.393 e. The van der Waals surface area contributed by atoms with Gasteiger partial charge < -0.3 is 14.6 Å². The molecule has 1 saturated heterocycles. The van der Waals surface area contributed by atoms with Crippen molar-refractivity contribution in [3.8, 4) is 0 Å². The van der Waals surface area contributed by atoms with Crippen molar-refractivity contribution >= 4 is 0 Å². The predicted octanol–water partition coefficient (Wildman–Crippen LogP) is 2.47. The quantitative estimate of drug-likeness (QED) is 0.789. The first kappa shape index (κ1) is 12.3. The first-order chi connectivity index (χ1) is 7.63. The zero-order valence-corrected chi connectivity index (χ0v) is 10.4. The van der Waals surface area contributed by atoms with Crippen molar-refractivity contribution in [3.63, 3.8) is 0 Å². The Morgan fingerprint density at radius 3 is 2.56 bits per heavy atom. The molecule has 1 aliphatic heterocycles. The van der Waals surface area contributed by atoms with Gasteiger partial charge in [0.05, 0.1) is 12.2 Å². The summed E-state index contributed by atoms with van der Waals surface area (Å²) in [5.41, 5.74) is 0. The molecule has 1 aliphatic carbocycles. The Hall–Kier alpha value is -0.120. The Bertz CT molecular complexity index is 225. The summed E-state index contributed by atoms with van der Waals surface area (Å²) >= 11 is 0. The van der Waals surface area contributed by atoms with E-state index < -0.39 is 5.79 Å².